The first kappa shape index (κ1) is 13.6. The van der Waals surface area contributed by atoms with E-state index in [0.717, 1.165) is 6.42 Å². The standard InChI is InChI=1S/C17H23NO2/c19-17(20)11-16(18-15-7-8-15)10-12-5-6-13-3-1-2-4-14(13)9-12/h5-6,9,15-16,18H,1-4,7-8,10-11H2,(H,19,20). The van der Waals surface area contributed by atoms with Crippen LogP contribution in [-0.2, 0) is 24.1 Å². The van der Waals surface area contributed by atoms with Crippen LogP contribution in [0.2, 0.25) is 0 Å². The minimum Gasteiger partial charge on any atom is -0.481 e. The highest BCUT2D eigenvalue weighted by Crippen LogP contribution is 2.24. The Hall–Kier alpha value is -1.35. The number of carbonyl (C=O) groups is 1. The number of hydrogen-bond donors (Lipinski definition) is 2. The SMILES string of the molecule is O=C(O)CC(Cc1ccc2c(c1)CCCC2)NC1CC1. The van der Waals surface area contributed by atoms with Crippen LogP contribution in [0.15, 0.2) is 18.2 Å². The summed E-state index contributed by atoms with van der Waals surface area (Å²) in [4.78, 5) is 11.0. The van der Waals surface area contributed by atoms with Gasteiger partial charge in [-0.25, -0.2) is 0 Å². The molecule has 2 aliphatic carbocycles. The lowest BCUT2D eigenvalue weighted by atomic mass is 9.89. The number of hydrogen-bond acceptors (Lipinski definition) is 2. The van der Waals surface area contributed by atoms with Crippen LogP contribution in [0.1, 0.15) is 48.8 Å². The quantitative estimate of drug-likeness (QED) is 0.838. The molecule has 1 aromatic rings. The molecule has 0 saturated heterocycles. The molecule has 1 atom stereocenters. The Balaban J connectivity index is 1.68. The molecule has 3 rings (SSSR count). The van der Waals surface area contributed by atoms with Crippen molar-refractivity contribution < 1.29 is 9.90 Å². The average Bonchev–Trinajstić information content (AvgIpc) is 3.22. The summed E-state index contributed by atoms with van der Waals surface area (Å²) in [5.41, 5.74) is 4.25. The number of carboxylic acids is 1. The normalized spacial score (nSPS) is 19.4. The molecule has 2 aliphatic rings. The van der Waals surface area contributed by atoms with E-state index in [-0.39, 0.29) is 12.5 Å². The Morgan fingerprint density at radius 2 is 2.00 bits per heavy atom. The molecule has 1 aromatic carbocycles. The summed E-state index contributed by atoms with van der Waals surface area (Å²) in [6, 6.07) is 7.36. The van der Waals surface area contributed by atoms with Gasteiger partial charge >= 0.3 is 5.97 Å². The first-order chi connectivity index (χ1) is 9.70. The van der Waals surface area contributed by atoms with E-state index in [4.69, 9.17) is 5.11 Å². The van der Waals surface area contributed by atoms with Gasteiger partial charge in [-0.2, -0.15) is 0 Å². The summed E-state index contributed by atoms with van der Waals surface area (Å²) in [5, 5.41) is 12.5. The fourth-order valence-corrected chi connectivity index (χ4v) is 3.18. The van der Waals surface area contributed by atoms with E-state index < -0.39 is 5.97 Å². The second-order valence-corrected chi connectivity index (χ2v) is 6.25. The molecule has 3 heteroatoms. The molecule has 0 aromatic heterocycles. The summed E-state index contributed by atoms with van der Waals surface area (Å²) in [5.74, 6) is -0.707. The van der Waals surface area contributed by atoms with Gasteiger partial charge in [0.25, 0.3) is 0 Å². The van der Waals surface area contributed by atoms with Crippen molar-refractivity contribution in [3.8, 4) is 0 Å². The van der Waals surface area contributed by atoms with Crippen LogP contribution in [0, 0.1) is 0 Å². The molecule has 0 spiro atoms. The van der Waals surface area contributed by atoms with Gasteiger partial charge in [-0.15, -0.1) is 0 Å². The van der Waals surface area contributed by atoms with Crippen molar-refractivity contribution in [2.45, 2.75) is 63.5 Å². The second kappa shape index (κ2) is 5.96. The largest absolute Gasteiger partial charge is 0.481 e. The number of carboxylic acid groups (broad SMARTS) is 1. The second-order valence-electron chi connectivity index (χ2n) is 6.25. The highest BCUT2D eigenvalue weighted by molar-refractivity contribution is 5.67. The Kier molecular flexibility index (Phi) is 4.06. The topological polar surface area (TPSA) is 49.3 Å². The molecule has 0 aliphatic heterocycles. The number of fused-ring (bicyclic) bond motifs is 1. The lowest BCUT2D eigenvalue weighted by Gasteiger charge is -2.20. The van der Waals surface area contributed by atoms with Crippen molar-refractivity contribution in [2.75, 3.05) is 0 Å². The van der Waals surface area contributed by atoms with Crippen LogP contribution in [-0.4, -0.2) is 23.2 Å². The van der Waals surface area contributed by atoms with Gasteiger partial charge in [-0.05, 0) is 61.6 Å². The summed E-state index contributed by atoms with van der Waals surface area (Å²) in [6.45, 7) is 0. The van der Waals surface area contributed by atoms with Crippen molar-refractivity contribution >= 4 is 5.97 Å². The van der Waals surface area contributed by atoms with Gasteiger partial charge in [-0.3, -0.25) is 4.79 Å². The number of benzene rings is 1. The lowest BCUT2D eigenvalue weighted by molar-refractivity contribution is -0.137. The highest BCUT2D eigenvalue weighted by Gasteiger charge is 2.26. The summed E-state index contributed by atoms with van der Waals surface area (Å²) < 4.78 is 0. The van der Waals surface area contributed by atoms with Crippen molar-refractivity contribution in [2.24, 2.45) is 0 Å². The Bertz CT molecular complexity index is 494. The van der Waals surface area contributed by atoms with Crippen molar-refractivity contribution in [3.63, 3.8) is 0 Å². The van der Waals surface area contributed by atoms with Crippen LogP contribution in [0.4, 0.5) is 0 Å². The molecule has 0 radical (unpaired) electrons. The van der Waals surface area contributed by atoms with Gasteiger partial charge in [0, 0.05) is 12.1 Å². The lowest BCUT2D eigenvalue weighted by Crippen LogP contribution is -2.35. The van der Waals surface area contributed by atoms with Gasteiger partial charge in [0.05, 0.1) is 6.42 Å². The zero-order valence-electron chi connectivity index (χ0n) is 11.9. The van der Waals surface area contributed by atoms with Crippen molar-refractivity contribution in [3.05, 3.63) is 34.9 Å². The molecule has 3 nitrogen and oxygen atoms in total. The third-order valence-electron chi connectivity index (χ3n) is 4.36. The van der Waals surface area contributed by atoms with E-state index in [0.29, 0.717) is 6.04 Å². The van der Waals surface area contributed by atoms with E-state index in [2.05, 4.69) is 23.5 Å². The molecule has 0 amide bonds. The third kappa shape index (κ3) is 3.60. The van der Waals surface area contributed by atoms with E-state index in [1.54, 1.807) is 0 Å². The molecular formula is C17H23NO2. The van der Waals surface area contributed by atoms with Gasteiger partial charge in [0.1, 0.15) is 0 Å². The highest BCUT2D eigenvalue weighted by atomic mass is 16.4. The first-order valence-corrected chi connectivity index (χ1v) is 7.79. The van der Waals surface area contributed by atoms with Crippen LogP contribution < -0.4 is 5.32 Å². The molecule has 1 fully saturated rings. The number of nitrogens with one attached hydrogen (secondary N) is 1. The van der Waals surface area contributed by atoms with E-state index >= 15 is 0 Å². The van der Waals surface area contributed by atoms with Gasteiger partial charge in [0.15, 0.2) is 0 Å². The van der Waals surface area contributed by atoms with E-state index in [1.807, 2.05) is 0 Å². The number of aliphatic carboxylic acids is 1. The summed E-state index contributed by atoms with van der Waals surface area (Å²) >= 11 is 0. The predicted octanol–water partition coefficient (Wildman–Crippen LogP) is 2.70. The monoisotopic (exact) mass is 273 g/mol. The molecule has 0 bridgehead atoms. The maximum absolute atomic E-state index is 11.0. The first-order valence-electron chi connectivity index (χ1n) is 7.79. The van der Waals surface area contributed by atoms with Crippen LogP contribution >= 0.6 is 0 Å². The summed E-state index contributed by atoms with van der Waals surface area (Å²) in [7, 11) is 0. The number of rotatable bonds is 6. The van der Waals surface area contributed by atoms with Crippen LogP contribution in [0.3, 0.4) is 0 Å². The minimum atomic E-state index is -0.707. The fraction of sp³-hybridized carbons (Fsp3) is 0.588. The molecule has 108 valence electrons. The maximum Gasteiger partial charge on any atom is 0.304 e. The Morgan fingerprint density at radius 1 is 1.25 bits per heavy atom. The van der Waals surface area contributed by atoms with Crippen LogP contribution in [0.25, 0.3) is 0 Å². The van der Waals surface area contributed by atoms with E-state index in [1.165, 1.54) is 55.2 Å². The molecule has 0 heterocycles. The van der Waals surface area contributed by atoms with Crippen molar-refractivity contribution in [1.82, 2.24) is 5.32 Å². The fourth-order valence-electron chi connectivity index (χ4n) is 3.18. The molecule has 20 heavy (non-hydrogen) atoms. The Labute approximate surface area is 120 Å². The van der Waals surface area contributed by atoms with Gasteiger partial charge < -0.3 is 10.4 Å². The number of aryl methyl sites for hydroxylation is 2. The average molecular weight is 273 g/mol. The Morgan fingerprint density at radius 3 is 2.70 bits per heavy atom. The molecule has 2 N–H and O–H groups in total. The van der Waals surface area contributed by atoms with Crippen LogP contribution in [0.5, 0.6) is 0 Å². The maximum atomic E-state index is 11.0. The van der Waals surface area contributed by atoms with E-state index in [9.17, 15) is 4.79 Å². The van der Waals surface area contributed by atoms with Gasteiger partial charge in [0.2, 0.25) is 0 Å². The smallest absolute Gasteiger partial charge is 0.304 e. The molecule has 1 unspecified atom stereocenters. The predicted molar refractivity (Wildman–Crippen MR) is 79.0 cm³/mol. The third-order valence-corrected chi connectivity index (χ3v) is 4.36. The minimum absolute atomic E-state index is 0.0710. The van der Waals surface area contributed by atoms with Crippen molar-refractivity contribution in [1.29, 1.82) is 0 Å². The molecule has 1 saturated carbocycles. The molecular weight excluding hydrogens is 250 g/mol. The zero-order valence-corrected chi connectivity index (χ0v) is 11.9. The summed E-state index contributed by atoms with van der Waals surface area (Å²) in [6.07, 6.45) is 8.41. The van der Waals surface area contributed by atoms with Gasteiger partial charge in [-0.1, -0.05) is 18.2 Å². The zero-order chi connectivity index (χ0) is 13.9.